The molecule has 3 atom stereocenters. The maximum atomic E-state index is 14.4. The number of aliphatic hydroxyl groups is 1. The fourth-order valence-corrected chi connectivity index (χ4v) is 3.87. The van der Waals surface area contributed by atoms with Crippen LogP contribution in [0.5, 0.6) is 11.5 Å². The van der Waals surface area contributed by atoms with Crippen LogP contribution in [-0.2, 0) is 4.74 Å². The van der Waals surface area contributed by atoms with E-state index < -0.39 is 23.6 Å². The molecule has 1 aliphatic rings. The molecule has 1 heterocycles. The van der Waals surface area contributed by atoms with Gasteiger partial charge in [0, 0.05) is 11.5 Å². The van der Waals surface area contributed by atoms with E-state index in [4.69, 9.17) is 14.2 Å². The second-order valence-electron chi connectivity index (χ2n) is 8.24. The quantitative estimate of drug-likeness (QED) is 0.316. The third-order valence-electron chi connectivity index (χ3n) is 5.80. The Morgan fingerprint density at radius 1 is 1.12 bits per heavy atom. The van der Waals surface area contributed by atoms with Gasteiger partial charge >= 0.3 is 0 Å². The van der Waals surface area contributed by atoms with Gasteiger partial charge in [0.25, 0.3) is 0 Å². The molecule has 1 N–H and O–H groups in total. The second-order valence-corrected chi connectivity index (χ2v) is 8.24. The highest BCUT2D eigenvalue weighted by Gasteiger charge is 2.25. The highest BCUT2D eigenvalue weighted by atomic mass is 19.2. The zero-order chi connectivity index (χ0) is 23.8. The maximum absolute atomic E-state index is 14.4. The van der Waals surface area contributed by atoms with Crippen molar-refractivity contribution >= 4 is 0 Å². The summed E-state index contributed by atoms with van der Waals surface area (Å²) in [4.78, 5) is 0. The van der Waals surface area contributed by atoms with E-state index in [-0.39, 0.29) is 35.7 Å². The van der Waals surface area contributed by atoms with Crippen molar-refractivity contribution < 1.29 is 32.5 Å². The summed E-state index contributed by atoms with van der Waals surface area (Å²) in [5.41, 5.74) is 0.764. The van der Waals surface area contributed by atoms with E-state index in [9.17, 15) is 18.3 Å². The number of hydrogen-bond donors (Lipinski definition) is 1. The Labute approximate surface area is 193 Å². The predicted octanol–water partition coefficient (Wildman–Crippen LogP) is 6.23. The molecule has 33 heavy (non-hydrogen) atoms. The number of ether oxygens (including phenoxy) is 3. The Hall–Kier alpha value is -2.51. The van der Waals surface area contributed by atoms with Crippen molar-refractivity contribution in [2.45, 2.75) is 57.2 Å². The summed E-state index contributed by atoms with van der Waals surface area (Å²) < 4.78 is 59.7. The molecule has 0 bridgehead atoms. The molecule has 7 heteroatoms. The van der Waals surface area contributed by atoms with Crippen molar-refractivity contribution in [1.29, 1.82) is 0 Å². The van der Waals surface area contributed by atoms with E-state index in [1.807, 2.05) is 13.0 Å². The van der Waals surface area contributed by atoms with E-state index in [0.717, 1.165) is 12.0 Å². The minimum atomic E-state index is -1.11. The van der Waals surface area contributed by atoms with Crippen LogP contribution in [0.2, 0.25) is 0 Å². The topological polar surface area (TPSA) is 47.9 Å². The van der Waals surface area contributed by atoms with Crippen LogP contribution in [0.25, 0.3) is 0 Å². The Morgan fingerprint density at radius 3 is 2.58 bits per heavy atom. The zero-order valence-corrected chi connectivity index (χ0v) is 18.9. The number of halogens is 3. The SMILES string of the molecule is C=CCCOc1ccc(C2CCC(COc3ccc(C(O)CCC)c(F)c3F)OC2)cc1F. The van der Waals surface area contributed by atoms with E-state index in [0.29, 0.717) is 38.9 Å². The summed E-state index contributed by atoms with van der Waals surface area (Å²) in [5, 5.41) is 9.95. The Bertz CT molecular complexity index is 926. The van der Waals surface area contributed by atoms with E-state index >= 15 is 0 Å². The maximum Gasteiger partial charge on any atom is 0.200 e. The standard InChI is InChI=1S/C26H31F3O4/c1-3-5-13-31-23-11-8-17(14-21(23)27)18-7-9-19(32-15-18)16-33-24-12-10-20(22(30)6-4-2)25(28)26(24)29/h3,8,10-12,14,18-19,22,30H,1,4-7,9,13,15-16H2,2H3. The molecular formula is C26H31F3O4. The fourth-order valence-electron chi connectivity index (χ4n) is 3.87. The van der Waals surface area contributed by atoms with Crippen LogP contribution in [0, 0.1) is 17.5 Å². The van der Waals surface area contributed by atoms with Crippen molar-refractivity contribution in [2.24, 2.45) is 0 Å². The first kappa shape index (κ1) is 25.1. The monoisotopic (exact) mass is 464 g/mol. The molecule has 0 spiro atoms. The first-order valence-electron chi connectivity index (χ1n) is 11.4. The average molecular weight is 465 g/mol. The summed E-state index contributed by atoms with van der Waals surface area (Å²) in [6.45, 7) is 6.29. The Balaban J connectivity index is 1.51. The molecule has 1 saturated heterocycles. The molecular weight excluding hydrogens is 433 g/mol. The lowest BCUT2D eigenvalue weighted by molar-refractivity contribution is -0.0220. The van der Waals surface area contributed by atoms with Crippen molar-refractivity contribution in [3.05, 3.63) is 71.6 Å². The smallest absolute Gasteiger partial charge is 0.200 e. The third kappa shape index (κ3) is 6.51. The average Bonchev–Trinajstić information content (AvgIpc) is 2.81. The summed E-state index contributed by atoms with van der Waals surface area (Å²) >= 11 is 0. The van der Waals surface area contributed by atoms with Gasteiger partial charge in [-0.15, -0.1) is 6.58 Å². The van der Waals surface area contributed by atoms with Crippen LogP contribution in [0.1, 0.15) is 62.2 Å². The lowest BCUT2D eigenvalue weighted by Crippen LogP contribution is -2.30. The number of aliphatic hydroxyl groups excluding tert-OH is 1. The first-order valence-corrected chi connectivity index (χ1v) is 11.4. The largest absolute Gasteiger partial charge is 0.490 e. The van der Waals surface area contributed by atoms with Crippen LogP contribution in [0.4, 0.5) is 13.2 Å². The van der Waals surface area contributed by atoms with Crippen LogP contribution < -0.4 is 9.47 Å². The predicted molar refractivity (Wildman–Crippen MR) is 120 cm³/mol. The fraction of sp³-hybridized carbons (Fsp3) is 0.462. The third-order valence-corrected chi connectivity index (χ3v) is 5.80. The molecule has 2 aromatic rings. The summed E-state index contributed by atoms with van der Waals surface area (Å²) in [6, 6.07) is 7.62. The van der Waals surface area contributed by atoms with Gasteiger partial charge in [-0.2, -0.15) is 4.39 Å². The van der Waals surface area contributed by atoms with Gasteiger partial charge in [-0.3, -0.25) is 0 Å². The summed E-state index contributed by atoms with van der Waals surface area (Å²) in [7, 11) is 0. The molecule has 2 aromatic carbocycles. The molecule has 0 saturated carbocycles. The molecule has 0 radical (unpaired) electrons. The van der Waals surface area contributed by atoms with Crippen LogP contribution >= 0.6 is 0 Å². The molecule has 4 nitrogen and oxygen atoms in total. The van der Waals surface area contributed by atoms with Gasteiger partial charge in [0.15, 0.2) is 23.1 Å². The van der Waals surface area contributed by atoms with Crippen molar-refractivity contribution in [2.75, 3.05) is 19.8 Å². The molecule has 1 aliphatic heterocycles. The molecule has 180 valence electrons. The van der Waals surface area contributed by atoms with Gasteiger partial charge in [-0.1, -0.05) is 25.5 Å². The van der Waals surface area contributed by atoms with Crippen molar-refractivity contribution in [3.63, 3.8) is 0 Å². The van der Waals surface area contributed by atoms with Gasteiger partial charge in [-0.05, 0) is 55.5 Å². The van der Waals surface area contributed by atoms with Crippen LogP contribution in [0.3, 0.4) is 0 Å². The van der Waals surface area contributed by atoms with E-state index in [1.165, 1.54) is 18.2 Å². The van der Waals surface area contributed by atoms with Gasteiger partial charge in [-0.25, -0.2) is 8.78 Å². The molecule has 0 amide bonds. The van der Waals surface area contributed by atoms with E-state index in [1.54, 1.807) is 12.1 Å². The minimum Gasteiger partial charge on any atom is -0.490 e. The molecule has 1 fully saturated rings. The summed E-state index contributed by atoms with van der Waals surface area (Å²) in [5.74, 6) is -2.57. The molecule has 0 aliphatic carbocycles. The van der Waals surface area contributed by atoms with Crippen molar-refractivity contribution in [1.82, 2.24) is 0 Å². The Morgan fingerprint density at radius 2 is 1.91 bits per heavy atom. The Kier molecular flexibility index (Phi) is 9.21. The number of benzene rings is 2. The molecule has 3 rings (SSSR count). The lowest BCUT2D eigenvalue weighted by atomic mass is 9.91. The van der Waals surface area contributed by atoms with Gasteiger partial charge < -0.3 is 19.3 Å². The lowest BCUT2D eigenvalue weighted by Gasteiger charge is -2.29. The summed E-state index contributed by atoms with van der Waals surface area (Å²) in [6.07, 6.45) is 3.43. The first-order chi connectivity index (χ1) is 15.9. The molecule has 0 aromatic heterocycles. The van der Waals surface area contributed by atoms with Gasteiger partial charge in [0.2, 0.25) is 5.82 Å². The zero-order valence-electron chi connectivity index (χ0n) is 18.9. The van der Waals surface area contributed by atoms with Gasteiger partial charge in [0.1, 0.15) is 6.61 Å². The van der Waals surface area contributed by atoms with Crippen LogP contribution in [-0.4, -0.2) is 31.0 Å². The normalized spacial score (nSPS) is 19.2. The highest BCUT2D eigenvalue weighted by molar-refractivity contribution is 5.33. The second kappa shape index (κ2) is 12.1. The van der Waals surface area contributed by atoms with Crippen molar-refractivity contribution in [3.8, 4) is 11.5 Å². The highest BCUT2D eigenvalue weighted by Crippen LogP contribution is 2.32. The number of hydrogen-bond acceptors (Lipinski definition) is 4. The van der Waals surface area contributed by atoms with Gasteiger partial charge in [0.05, 0.1) is 25.4 Å². The minimum absolute atomic E-state index is 0.0338. The molecule has 3 unspecified atom stereocenters. The van der Waals surface area contributed by atoms with Crippen LogP contribution in [0.15, 0.2) is 43.0 Å². The number of rotatable bonds is 11. The van der Waals surface area contributed by atoms with E-state index in [2.05, 4.69) is 6.58 Å².